The van der Waals surface area contributed by atoms with Gasteiger partial charge in [0.15, 0.2) is 0 Å². The zero-order valence-corrected chi connectivity index (χ0v) is 12.0. The van der Waals surface area contributed by atoms with Crippen LogP contribution >= 0.6 is 0 Å². The highest BCUT2D eigenvalue weighted by molar-refractivity contribution is 6.03. The molecule has 0 unspecified atom stereocenters. The van der Waals surface area contributed by atoms with E-state index in [9.17, 15) is 18.0 Å². The van der Waals surface area contributed by atoms with Crippen LogP contribution < -0.4 is 0 Å². The summed E-state index contributed by atoms with van der Waals surface area (Å²) in [6.45, 7) is 0. The van der Waals surface area contributed by atoms with Crippen molar-refractivity contribution in [1.82, 2.24) is 5.01 Å². The first-order chi connectivity index (χ1) is 11.0. The zero-order chi connectivity index (χ0) is 16.4. The van der Waals surface area contributed by atoms with E-state index >= 15 is 0 Å². The van der Waals surface area contributed by atoms with Crippen molar-refractivity contribution in [2.24, 2.45) is 5.10 Å². The molecule has 0 N–H and O–H groups in total. The van der Waals surface area contributed by atoms with E-state index in [2.05, 4.69) is 5.10 Å². The molecule has 118 valence electrons. The molecule has 23 heavy (non-hydrogen) atoms. The summed E-state index contributed by atoms with van der Waals surface area (Å²) < 4.78 is 38.6. The van der Waals surface area contributed by atoms with E-state index in [1.54, 1.807) is 54.6 Å². The van der Waals surface area contributed by atoms with Crippen LogP contribution in [0.25, 0.3) is 0 Å². The molecule has 0 bridgehead atoms. The lowest BCUT2D eigenvalue weighted by Gasteiger charge is -2.22. The lowest BCUT2D eigenvalue weighted by Crippen LogP contribution is -2.38. The van der Waals surface area contributed by atoms with E-state index < -0.39 is 18.1 Å². The summed E-state index contributed by atoms with van der Waals surface area (Å²) >= 11 is 0. The molecule has 1 amide bonds. The molecule has 6 heteroatoms. The lowest BCUT2D eigenvalue weighted by atomic mass is 9.98. The number of halogens is 3. The van der Waals surface area contributed by atoms with Crippen molar-refractivity contribution in [2.75, 3.05) is 0 Å². The molecule has 3 nitrogen and oxygen atoms in total. The van der Waals surface area contributed by atoms with Crippen LogP contribution in [0.1, 0.15) is 23.6 Å². The number of alkyl halides is 3. The molecular formula is C17H13F3N2O. The maximum absolute atomic E-state index is 12.9. The average Bonchev–Trinajstić information content (AvgIpc) is 3.00. The molecule has 0 saturated heterocycles. The molecule has 0 fully saturated rings. The number of carbonyl (C=O) groups is 1. The molecule has 0 saturated carbocycles. The predicted molar refractivity (Wildman–Crippen MR) is 79.7 cm³/mol. The van der Waals surface area contributed by atoms with Crippen molar-refractivity contribution in [3.63, 3.8) is 0 Å². The van der Waals surface area contributed by atoms with E-state index in [0.29, 0.717) is 21.8 Å². The second-order valence-corrected chi connectivity index (χ2v) is 5.19. The summed E-state index contributed by atoms with van der Waals surface area (Å²) in [6.07, 6.45) is -4.71. The molecule has 1 heterocycles. The number of amides is 1. The Morgan fingerprint density at radius 2 is 1.57 bits per heavy atom. The van der Waals surface area contributed by atoms with E-state index in [4.69, 9.17) is 0 Å². The minimum Gasteiger partial charge on any atom is -0.262 e. The van der Waals surface area contributed by atoms with E-state index in [-0.39, 0.29) is 6.42 Å². The normalized spacial score (nSPS) is 18.0. The fourth-order valence-corrected chi connectivity index (χ4v) is 2.57. The lowest BCUT2D eigenvalue weighted by molar-refractivity contribution is -0.187. The third-order valence-electron chi connectivity index (χ3n) is 3.65. The number of hydrogen-bond acceptors (Lipinski definition) is 2. The van der Waals surface area contributed by atoms with Gasteiger partial charge in [-0.25, -0.2) is 5.01 Å². The summed E-state index contributed by atoms with van der Waals surface area (Å²) in [4.78, 5) is 11.7. The van der Waals surface area contributed by atoms with Crippen LogP contribution in [0.15, 0.2) is 65.8 Å². The third kappa shape index (κ3) is 3.11. The Balaban J connectivity index is 1.99. The van der Waals surface area contributed by atoms with Gasteiger partial charge in [0.2, 0.25) is 0 Å². The largest absolute Gasteiger partial charge is 0.473 e. The molecule has 3 rings (SSSR count). The molecule has 1 atom stereocenters. The van der Waals surface area contributed by atoms with E-state index in [1.807, 2.05) is 6.07 Å². The SMILES string of the molecule is O=C(N1N=C(c2ccccc2)C[C@@H]1c1ccccc1)C(F)(F)F. The van der Waals surface area contributed by atoms with Crippen molar-refractivity contribution in [2.45, 2.75) is 18.6 Å². The predicted octanol–water partition coefficient (Wildman–Crippen LogP) is 3.93. The smallest absolute Gasteiger partial charge is 0.262 e. The monoisotopic (exact) mass is 318 g/mol. The first-order valence-corrected chi connectivity index (χ1v) is 7.05. The van der Waals surface area contributed by atoms with Crippen molar-refractivity contribution in [3.05, 3.63) is 71.8 Å². The fourth-order valence-electron chi connectivity index (χ4n) is 2.57. The van der Waals surface area contributed by atoms with Gasteiger partial charge in [-0.05, 0) is 11.1 Å². The van der Waals surface area contributed by atoms with Crippen LogP contribution in [0.3, 0.4) is 0 Å². The van der Waals surface area contributed by atoms with Crippen LogP contribution in [-0.2, 0) is 4.79 Å². The molecule has 0 radical (unpaired) electrons. The Kier molecular flexibility index (Phi) is 3.90. The van der Waals surface area contributed by atoms with Gasteiger partial charge in [0.1, 0.15) is 0 Å². The van der Waals surface area contributed by atoms with Gasteiger partial charge < -0.3 is 0 Å². The fraction of sp³-hybridized carbons (Fsp3) is 0.176. The number of carbonyl (C=O) groups excluding carboxylic acids is 1. The molecule has 1 aliphatic rings. The highest BCUT2D eigenvalue weighted by Gasteiger charge is 2.47. The molecule has 2 aromatic carbocycles. The highest BCUT2D eigenvalue weighted by atomic mass is 19.4. The number of hydrazone groups is 1. The Bertz CT molecular complexity index is 727. The van der Waals surface area contributed by atoms with Crippen molar-refractivity contribution in [3.8, 4) is 0 Å². The van der Waals surface area contributed by atoms with Gasteiger partial charge in [0, 0.05) is 6.42 Å². The van der Waals surface area contributed by atoms with Gasteiger partial charge in [-0.15, -0.1) is 0 Å². The number of hydrogen-bond donors (Lipinski definition) is 0. The first kappa shape index (κ1) is 15.3. The Labute approximate surface area is 131 Å². The topological polar surface area (TPSA) is 32.7 Å². The summed E-state index contributed by atoms with van der Waals surface area (Å²) in [5.41, 5.74) is 1.81. The molecular weight excluding hydrogens is 305 g/mol. The van der Waals surface area contributed by atoms with Crippen LogP contribution in [0, 0.1) is 0 Å². The third-order valence-corrected chi connectivity index (χ3v) is 3.65. The summed E-state index contributed by atoms with van der Waals surface area (Å²) in [5.74, 6) is -1.95. The van der Waals surface area contributed by atoms with Crippen LogP contribution in [0.4, 0.5) is 13.2 Å². The maximum Gasteiger partial charge on any atom is 0.473 e. The second kappa shape index (κ2) is 5.87. The maximum atomic E-state index is 12.9. The van der Waals surface area contributed by atoms with Crippen molar-refractivity contribution >= 4 is 11.6 Å². The number of nitrogens with zero attached hydrogens (tertiary/aromatic N) is 2. The van der Waals surface area contributed by atoms with Gasteiger partial charge in [-0.3, -0.25) is 4.79 Å². The minimum atomic E-state index is -4.96. The van der Waals surface area contributed by atoms with Gasteiger partial charge in [0.05, 0.1) is 11.8 Å². The van der Waals surface area contributed by atoms with Gasteiger partial charge in [-0.2, -0.15) is 18.3 Å². The summed E-state index contributed by atoms with van der Waals surface area (Å²) in [6, 6.07) is 16.8. The average molecular weight is 318 g/mol. The van der Waals surface area contributed by atoms with Crippen molar-refractivity contribution < 1.29 is 18.0 Å². The summed E-state index contributed by atoms with van der Waals surface area (Å²) in [5, 5.41) is 4.52. The standard InChI is InChI=1S/C17H13F3N2O/c18-17(19,20)16(23)22-15(13-9-5-2-6-10-13)11-14(21-22)12-7-3-1-4-8-12/h1-10,15H,11H2/t15-/m1/s1. The molecule has 2 aromatic rings. The number of rotatable bonds is 2. The zero-order valence-electron chi connectivity index (χ0n) is 12.0. The van der Waals surface area contributed by atoms with Gasteiger partial charge >= 0.3 is 12.1 Å². The van der Waals surface area contributed by atoms with E-state index in [1.165, 1.54) is 0 Å². The minimum absolute atomic E-state index is 0.246. The Hall–Kier alpha value is -2.63. The molecule has 0 aliphatic carbocycles. The van der Waals surface area contributed by atoms with Crippen LogP contribution in [0.2, 0.25) is 0 Å². The number of benzene rings is 2. The van der Waals surface area contributed by atoms with Gasteiger partial charge in [-0.1, -0.05) is 60.7 Å². The molecule has 0 aromatic heterocycles. The highest BCUT2D eigenvalue weighted by Crippen LogP contribution is 2.35. The van der Waals surface area contributed by atoms with E-state index in [0.717, 1.165) is 0 Å². The molecule has 1 aliphatic heterocycles. The molecule has 0 spiro atoms. The van der Waals surface area contributed by atoms with Crippen molar-refractivity contribution in [1.29, 1.82) is 0 Å². The Morgan fingerprint density at radius 1 is 1.00 bits per heavy atom. The van der Waals surface area contributed by atoms with Crippen LogP contribution in [-0.4, -0.2) is 22.8 Å². The van der Waals surface area contributed by atoms with Gasteiger partial charge in [0.25, 0.3) is 0 Å². The summed E-state index contributed by atoms with van der Waals surface area (Å²) in [7, 11) is 0. The second-order valence-electron chi connectivity index (χ2n) is 5.19. The first-order valence-electron chi connectivity index (χ1n) is 7.05. The van der Waals surface area contributed by atoms with Crippen LogP contribution in [0.5, 0.6) is 0 Å². The quantitative estimate of drug-likeness (QED) is 0.826. The Morgan fingerprint density at radius 3 is 2.13 bits per heavy atom.